The summed E-state index contributed by atoms with van der Waals surface area (Å²) in [4.78, 5) is 25.0. The van der Waals surface area contributed by atoms with E-state index >= 15 is 0 Å². The van der Waals surface area contributed by atoms with E-state index in [0.717, 1.165) is 5.56 Å². The number of hydrogen-bond acceptors (Lipinski definition) is 4. The Labute approximate surface area is 174 Å². The van der Waals surface area contributed by atoms with E-state index in [-0.39, 0.29) is 27.2 Å². The van der Waals surface area contributed by atoms with Crippen LogP contribution in [-0.4, -0.2) is 26.0 Å². The smallest absolute Gasteiger partial charge is 0.257 e. The molecule has 150 valence electrons. The molecule has 2 N–H and O–H groups in total. The summed E-state index contributed by atoms with van der Waals surface area (Å²) in [6.45, 7) is 3.71. The summed E-state index contributed by atoms with van der Waals surface area (Å²) >= 11 is 12.3. The highest BCUT2D eigenvalue weighted by Crippen LogP contribution is 2.35. The molecule has 0 aliphatic heterocycles. The third kappa shape index (κ3) is 5.09. The molecule has 0 aliphatic rings. The Kier molecular flexibility index (Phi) is 7.54. The molecule has 0 unspecified atom stereocenters. The Hall–Kier alpha value is -2.44. The van der Waals surface area contributed by atoms with E-state index in [1.807, 2.05) is 13.8 Å². The fourth-order valence-electron chi connectivity index (χ4n) is 2.61. The Morgan fingerprint density at radius 1 is 1.00 bits per heavy atom. The molecular weight excluding hydrogens is 403 g/mol. The minimum atomic E-state index is -0.466. The van der Waals surface area contributed by atoms with Crippen LogP contribution in [0.15, 0.2) is 24.3 Å². The van der Waals surface area contributed by atoms with Gasteiger partial charge in [-0.3, -0.25) is 9.59 Å². The monoisotopic (exact) mass is 424 g/mol. The van der Waals surface area contributed by atoms with Gasteiger partial charge >= 0.3 is 0 Å². The molecule has 0 saturated carbocycles. The highest BCUT2D eigenvalue weighted by Gasteiger charge is 2.19. The first-order chi connectivity index (χ1) is 13.3. The Morgan fingerprint density at radius 2 is 1.64 bits per heavy atom. The molecule has 0 atom stereocenters. The van der Waals surface area contributed by atoms with Crippen LogP contribution in [0.2, 0.25) is 10.0 Å². The van der Waals surface area contributed by atoms with Crippen LogP contribution in [0, 0.1) is 6.92 Å². The number of halogens is 2. The van der Waals surface area contributed by atoms with Gasteiger partial charge in [-0.05, 0) is 37.1 Å². The van der Waals surface area contributed by atoms with Gasteiger partial charge in [-0.25, -0.2) is 0 Å². The Balaban J connectivity index is 2.40. The highest BCUT2D eigenvalue weighted by atomic mass is 35.5. The number of methoxy groups -OCH3 is 2. The lowest BCUT2D eigenvalue weighted by molar-refractivity contribution is -0.116. The van der Waals surface area contributed by atoms with Gasteiger partial charge in [-0.1, -0.05) is 30.1 Å². The maximum absolute atomic E-state index is 12.9. The van der Waals surface area contributed by atoms with Crippen molar-refractivity contribution < 1.29 is 19.1 Å². The van der Waals surface area contributed by atoms with Gasteiger partial charge in [-0.2, -0.15) is 0 Å². The molecule has 8 heteroatoms. The molecule has 0 fully saturated rings. The highest BCUT2D eigenvalue weighted by molar-refractivity contribution is 6.38. The molecule has 0 heterocycles. The van der Waals surface area contributed by atoms with Crippen LogP contribution in [0.25, 0.3) is 0 Å². The minimum Gasteiger partial charge on any atom is -0.493 e. The van der Waals surface area contributed by atoms with Gasteiger partial charge in [0.2, 0.25) is 5.91 Å². The van der Waals surface area contributed by atoms with E-state index in [9.17, 15) is 9.59 Å². The van der Waals surface area contributed by atoms with E-state index in [4.69, 9.17) is 32.7 Å². The SMILES string of the molecule is CCCC(=O)Nc1c(Cl)cc(Cl)cc1C(=O)Nc1cc(OC)c(OC)cc1C. The largest absolute Gasteiger partial charge is 0.493 e. The molecule has 0 spiro atoms. The van der Waals surface area contributed by atoms with Crippen LogP contribution in [0.3, 0.4) is 0 Å². The van der Waals surface area contributed by atoms with Crippen LogP contribution >= 0.6 is 23.2 Å². The van der Waals surface area contributed by atoms with Gasteiger partial charge in [0.15, 0.2) is 11.5 Å². The molecule has 0 radical (unpaired) electrons. The lowest BCUT2D eigenvalue weighted by Gasteiger charge is -2.16. The lowest BCUT2D eigenvalue weighted by atomic mass is 10.1. The van der Waals surface area contributed by atoms with Crippen LogP contribution in [-0.2, 0) is 4.79 Å². The summed E-state index contributed by atoms with van der Waals surface area (Å²) < 4.78 is 10.5. The van der Waals surface area contributed by atoms with E-state index in [2.05, 4.69) is 10.6 Å². The van der Waals surface area contributed by atoms with Crippen molar-refractivity contribution in [1.82, 2.24) is 0 Å². The van der Waals surface area contributed by atoms with Crippen LogP contribution in [0.4, 0.5) is 11.4 Å². The Bertz CT molecular complexity index is 900. The summed E-state index contributed by atoms with van der Waals surface area (Å²) in [5.74, 6) is 0.329. The van der Waals surface area contributed by atoms with Gasteiger partial charge < -0.3 is 20.1 Å². The number of aryl methyl sites for hydroxylation is 1. The quantitative estimate of drug-likeness (QED) is 0.631. The first kappa shape index (κ1) is 21.9. The van der Waals surface area contributed by atoms with Crippen molar-refractivity contribution in [3.05, 3.63) is 45.4 Å². The van der Waals surface area contributed by atoms with Gasteiger partial charge in [0, 0.05) is 23.2 Å². The van der Waals surface area contributed by atoms with E-state index in [0.29, 0.717) is 30.0 Å². The standard InChI is InChI=1S/C20H22Cl2N2O4/c1-5-6-18(25)24-19-13(8-12(21)9-14(19)22)20(26)23-15-10-17(28-4)16(27-3)7-11(15)2/h7-10H,5-6H2,1-4H3,(H,23,26)(H,24,25). The number of carbonyl (C=O) groups is 2. The summed E-state index contributed by atoms with van der Waals surface area (Å²) in [6.07, 6.45) is 0.984. The molecule has 0 aliphatic carbocycles. The van der Waals surface area contributed by atoms with E-state index < -0.39 is 5.91 Å². The molecule has 0 aromatic heterocycles. The zero-order chi connectivity index (χ0) is 20.8. The van der Waals surface area contributed by atoms with Crippen molar-refractivity contribution in [2.45, 2.75) is 26.7 Å². The fraction of sp³-hybridized carbons (Fsp3) is 0.300. The Morgan fingerprint density at radius 3 is 2.25 bits per heavy atom. The van der Waals surface area contributed by atoms with Crippen molar-refractivity contribution >= 4 is 46.4 Å². The topological polar surface area (TPSA) is 76.7 Å². The lowest BCUT2D eigenvalue weighted by Crippen LogP contribution is -2.19. The van der Waals surface area contributed by atoms with Crippen LogP contribution < -0.4 is 20.1 Å². The van der Waals surface area contributed by atoms with E-state index in [1.165, 1.54) is 26.4 Å². The molecule has 28 heavy (non-hydrogen) atoms. The maximum Gasteiger partial charge on any atom is 0.257 e. The molecule has 6 nitrogen and oxygen atoms in total. The predicted molar refractivity (Wildman–Crippen MR) is 112 cm³/mol. The first-order valence-electron chi connectivity index (χ1n) is 8.63. The van der Waals surface area contributed by atoms with Crippen molar-refractivity contribution in [3.63, 3.8) is 0 Å². The third-order valence-electron chi connectivity index (χ3n) is 4.02. The summed E-state index contributed by atoms with van der Waals surface area (Å²) in [5.41, 5.74) is 1.69. The molecule has 0 bridgehead atoms. The first-order valence-corrected chi connectivity index (χ1v) is 9.39. The summed E-state index contributed by atoms with van der Waals surface area (Å²) in [6, 6.07) is 6.35. The predicted octanol–water partition coefficient (Wildman–Crippen LogP) is 5.31. The second-order valence-electron chi connectivity index (χ2n) is 6.08. The van der Waals surface area contributed by atoms with Crippen molar-refractivity contribution in [3.8, 4) is 11.5 Å². The van der Waals surface area contributed by atoms with Crippen LogP contribution in [0.1, 0.15) is 35.7 Å². The maximum atomic E-state index is 12.9. The molecular formula is C20H22Cl2N2O4. The van der Waals surface area contributed by atoms with E-state index in [1.54, 1.807) is 12.1 Å². The fourth-order valence-corrected chi connectivity index (χ4v) is 3.15. The summed E-state index contributed by atoms with van der Waals surface area (Å²) in [5, 5.41) is 5.97. The second kappa shape index (κ2) is 9.66. The van der Waals surface area contributed by atoms with Crippen LogP contribution in [0.5, 0.6) is 11.5 Å². The molecule has 2 aromatic rings. The number of ether oxygens (including phenoxy) is 2. The van der Waals surface area contributed by atoms with Crippen molar-refractivity contribution in [2.24, 2.45) is 0 Å². The number of amides is 2. The molecule has 0 saturated heterocycles. The summed E-state index contributed by atoms with van der Waals surface area (Å²) in [7, 11) is 3.05. The molecule has 2 aromatic carbocycles. The second-order valence-corrected chi connectivity index (χ2v) is 6.93. The van der Waals surface area contributed by atoms with Gasteiger partial charge in [0.25, 0.3) is 5.91 Å². The zero-order valence-electron chi connectivity index (χ0n) is 16.1. The number of nitrogens with one attached hydrogen (secondary N) is 2. The number of benzene rings is 2. The van der Waals surface area contributed by atoms with Crippen molar-refractivity contribution in [2.75, 3.05) is 24.9 Å². The van der Waals surface area contributed by atoms with Gasteiger partial charge in [0.1, 0.15) is 0 Å². The molecule has 2 amide bonds. The van der Waals surface area contributed by atoms with Gasteiger partial charge in [0.05, 0.1) is 30.5 Å². The van der Waals surface area contributed by atoms with Crippen molar-refractivity contribution in [1.29, 1.82) is 0 Å². The number of anilines is 2. The molecule has 2 rings (SSSR count). The van der Waals surface area contributed by atoms with Gasteiger partial charge in [-0.15, -0.1) is 0 Å². The number of carbonyl (C=O) groups excluding carboxylic acids is 2. The number of rotatable bonds is 7. The average Bonchev–Trinajstić information content (AvgIpc) is 2.65. The minimum absolute atomic E-state index is 0.163. The third-order valence-corrected chi connectivity index (χ3v) is 4.54. The number of hydrogen-bond donors (Lipinski definition) is 2. The normalized spacial score (nSPS) is 10.4. The zero-order valence-corrected chi connectivity index (χ0v) is 17.6. The average molecular weight is 425 g/mol.